The molecule has 1 N–H and O–H groups in total. The van der Waals surface area contributed by atoms with Gasteiger partial charge in [-0.05, 0) is 62.2 Å². The second-order valence-electron chi connectivity index (χ2n) is 6.26. The first-order valence-corrected chi connectivity index (χ1v) is 9.59. The zero-order valence-electron chi connectivity index (χ0n) is 13.7. The van der Waals surface area contributed by atoms with Crippen molar-refractivity contribution < 1.29 is 9.90 Å². The first kappa shape index (κ1) is 17.5. The molecule has 0 bridgehead atoms. The molecule has 2 heterocycles. The van der Waals surface area contributed by atoms with Crippen molar-refractivity contribution in [3.05, 3.63) is 56.7 Å². The Morgan fingerprint density at radius 1 is 1.33 bits per heavy atom. The molecule has 0 amide bonds. The lowest BCUT2D eigenvalue weighted by molar-refractivity contribution is -0.143. The monoisotopic (exact) mass is 363 g/mol. The van der Waals surface area contributed by atoms with Crippen LogP contribution in [0.1, 0.15) is 41.1 Å². The number of halogens is 1. The third-order valence-corrected chi connectivity index (χ3v) is 6.23. The molecule has 0 spiro atoms. The number of aliphatic carboxylic acids is 1. The number of rotatable bonds is 5. The molecule has 1 aliphatic rings. The summed E-state index contributed by atoms with van der Waals surface area (Å²) in [5, 5.41) is 9.98. The van der Waals surface area contributed by atoms with Crippen LogP contribution in [0.4, 0.5) is 0 Å². The molecule has 5 heteroatoms. The molecule has 3 nitrogen and oxygen atoms in total. The molecule has 24 heavy (non-hydrogen) atoms. The fourth-order valence-corrected chi connectivity index (χ4v) is 4.68. The smallest absolute Gasteiger partial charge is 0.306 e. The standard InChI is InChI=1S/C19H22ClNO2S/c1-2-16-6-7-17(24-16)18(14-4-3-5-15(20)12-14)21-10-8-13(9-11-21)19(22)23/h3-7,12-13,18H,2,8-11H2,1H3,(H,22,23). The molecule has 1 fully saturated rings. The second kappa shape index (κ2) is 7.68. The summed E-state index contributed by atoms with van der Waals surface area (Å²) >= 11 is 8.06. The lowest BCUT2D eigenvalue weighted by Crippen LogP contribution is -2.39. The van der Waals surface area contributed by atoms with Gasteiger partial charge >= 0.3 is 5.97 Å². The van der Waals surface area contributed by atoms with E-state index in [0.717, 1.165) is 24.5 Å². The van der Waals surface area contributed by atoms with Crippen LogP contribution in [0.3, 0.4) is 0 Å². The molecule has 1 saturated heterocycles. The Morgan fingerprint density at radius 3 is 2.67 bits per heavy atom. The van der Waals surface area contributed by atoms with E-state index in [-0.39, 0.29) is 12.0 Å². The highest BCUT2D eigenvalue weighted by Gasteiger charge is 2.30. The van der Waals surface area contributed by atoms with Crippen molar-refractivity contribution in [2.45, 2.75) is 32.2 Å². The van der Waals surface area contributed by atoms with Gasteiger partial charge in [-0.25, -0.2) is 0 Å². The van der Waals surface area contributed by atoms with Gasteiger partial charge in [-0.15, -0.1) is 11.3 Å². The number of carboxylic acids is 1. The van der Waals surface area contributed by atoms with Gasteiger partial charge in [-0.2, -0.15) is 0 Å². The molecule has 1 aliphatic heterocycles. The highest BCUT2D eigenvalue weighted by atomic mass is 35.5. The predicted octanol–water partition coefficient (Wildman–Crippen LogP) is 4.85. The van der Waals surface area contributed by atoms with E-state index in [1.54, 1.807) is 0 Å². The highest BCUT2D eigenvalue weighted by Crippen LogP contribution is 2.37. The highest BCUT2D eigenvalue weighted by molar-refractivity contribution is 7.12. The summed E-state index contributed by atoms with van der Waals surface area (Å²) in [6.45, 7) is 3.77. The number of hydrogen-bond acceptors (Lipinski definition) is 3. The van der Waals surface area contributed by atoms with Crippen molar-refractivity contribution in [1.29, 1.82) is 0 Å². The molecular formula is C19H22ClNO2S. The normalized spacial score (nSPS) is 17.8. The molecule has 0 saturated carbocycles. The molecule has 1 unspecified atom stereocenters. The Labute approximate surface area is 151 Å². The van der Waals surface area contributed by atoms with Crippen molar-refractivity contribution in [3.8, 4) is 0 Å². The van der Waals surface area contributed by atoms with Crippen LogP contribution in [-0.4, -0.2) is 29.1 Å². The number of piperidine rings is 1. The largest absolute Gasteiger partial charge is 0.481 e. The number of thiophene rings is 1. The van der Waals surface area contributed by atoms with Gasteiger partial charge in [0.05, 0.1) is 12.0 Å². The van der Waals surface area contributed by atoms with Crippen LogP contribution in [0, 0.1) is 5.92 Å². The van der Waals surface area contributed by atoms with Gasteiger partial charge in [0.15, 0.2) is 0 Å². The zero-order valence-corrected chi connectivity index (χ0v) is 15.3. The van der Waals surface area contributed by atoms with E-state index < -0.39 is 5.97 Å². The van der Waals surface area contributed by atoms with Crippen LogP contribution >= 0.6 is 22.9 Å². The van der Waals surface area contributed by atoms with Gasteiger partial charge < -0.3 is 5.11 Å². The molecule has 1 aromatic carbocycles. The first-order valence-electron chi connectivity index (χ1n) is 8.39. The number of nitrogens with zero attached hydrogens (tertiary/aromatic N) is 1. The predicted molar refractivity (Wildman–Crippen MR) is 98.9 cm³/mol. The fourth-order valence-electron chi connectivity index (χ4n) is 3.37. The molecule has 0 aliphatic carbocycles. The van der Waals surface area contributed by atoms with Gasteiger partial charge in [-0.3, -0.25) is 9.69 Å². The number of hydrogen-bond donors (Lipinski definition) is 1. The lowest BCUT2D eigenvalue weighted by atomic mass is 9.94. The quantitative estimate of drug-likeness (QED) is 0.825. The van der Waals surface area contributed by atoms with Crippen molar-refractivity contribution >= 4 is 28.9 Å². The minimum atomic E-state index is -0.668. The van der Waals surface area contributed by atoms with Crippen molar-refractivity contribution in [3.63, 3.8) is 0 Å². The van der Waals surface area contributed by atoms with Crippen LogP contribution in [0.15, 0.2) is 36.4 Å². The first-order chi connectivity index (χ1) is 11.6. The molecule has 3 rings (SSSR count). The summed E-state index contributed by atoms with van der Waals surface area (Å²) in [5.74, 6) is -0.880. The van der Waals surface area contributed by atoms with Crippen LogP contribution in [-0.2, 0) is 11.2 Å². The van der Waals surface area contributed by atoms with Crippen LogP contribution in [0.5, 0.6) is 0 Å². The Morgan fingerprint density at radius 2 is 2.08 bits per heavy atom. The van der Waals surface area contributed by atoms with Gasteiger partial charge in [0.1, 0.15) is 0 Å². The maximum absolute atomic E-state index is 11.2. The number of aryl methyl sites for hydroxylation is 1. The summed E-state index contributed by atoms with van der Waals surface area (Å²) in [4.78, 5) is 16.3. The maximum atomic E-state index is 11.2. The summed E-state index contributed by atoms with van der Waals surface area (Å²) < 4.78 is 0. The van der Waals surface area contributed by atoms with E-state index in [1.807, 2.05) is 29.5 Å². The van der Waals surface area contributed by atoms with Gasteiger partial charge in [-0.1, -0.05) is 30.7 Å². The van der Waals surface area contributed by atoms with E-state index in [9.17, 15) is 9.90 Å². The number of likely N-dealkylation sites (tertiary alicyclic amines) is 1. The van der Waals surface area contributed by atoms with Crippen molar-refractivity contribution in [2.24, 2.45) is 5.92 Å². The SMILES string of the molecule is CCc1ccc(C(c2cccc(Cl)c2)N2CCC(C(=O)O)CC2)s1. The van der Waals surface area contributed by atoms with Crippen molar-refractivity contribution in [2.75, 3.05) is 13.1 Å². The van der Waals surface area contributed by atoms with E-state index >= 15 is 0 Å². The summed E-state index contributed by atoms with van der Waals surface area (Å²) in [5.41, 5.74) is 1.18. The summed E-state index contributed by atoms with van der Waals surface area (Å²) in [6, 6.07) is 12.6. The van der Waals surface area contributed by atoms with Crippen LogP contribution in [0.25, 0.3) is 0 Å². The second-order valence-corrected chi connectivity index (χ2v) is 7.90. The average Bonchev–Trinajstić information content (AvgIpc) is 3.04. The maximum Gasteiger partial charge on any atom is 0.306 e. The molecule has 1 atom stereocenters. The Bertz CT molecular complexity index is 707. The third kappa shape index (κ3) is 3.82. The van der Waals surface area contributed by atoms with E-state index in [0.29, 0.717) is 12.8 Å². The van der Waals surface area contributed by atoms with Gasteiger partial charge in [0.25, 0.3) is 0 Å². The number of benzene rings is 1. The van der Waals surface area contributed by atoms with E-state index in [4.69, 9.17) is 11.6 Å². The summed E-state index contributed by atoms with van der Waals surface area (Å²) in [7, 11) is 0. The zero-order chi connectivity index (χ0) is 17.1. The Hall–Kier alpha value is -1.36. The minimum absolute atomic E-state index is 0.156. The molecule has 128 valence electrons. The lowest BCUT2D eigenvalue weighted by Gasteiger charge is -2.36. The molecule has 2 aromatic rings. The molecule has 1 aromatic heterocycles. The van der Waals surface area contributed by atoms with Crippen molar-refractivity contribution in [1.82, 2.24) is 4.90 Å². The van der Waals surface area contributed by atoms with E-state index in [1.165, 1.54) is 15.3 Å². The number of carbonyl (C=O) groups is 1. The van der Waals surface area contributed by atoms with E-state index in [2.05, 4.69) is 30.0 Å². The summed E-state index contributed by atoms with van der Waals surface area (Å²) in [6.07, 6.45) is 2.45. The van der Waals surface area contributed by atoms with Gasteiger partial charge in [0, 0.05) is 14.8 Å². The fraction of sp³-hybridized carbons (Fsp3) is 0.421. The van der Waals surface area contributed by atoms with Crippen LogP contribution in [0.2, 0.25) is 5.02 Å². The molecule has 0 radical (unpaired) electrons. The number of carboxylic acid groups (broad SMARTS) is 1. The molecular weight excluding hydrogens is 342 g/mol. The third-order valence-electron chi connectivity index (χ3n) is 4.71. The Kier molecular flexibility index (Phi) is 5.59. The topological polar surface area (TPSA) is 40.5 Å². The van der Waals surface area contributed by atoms with Gasteiger partial charge in [0.2, 0.25) is 0 Å². The Balaban J connectivity index is 1.89. The average molecular weight is 364 g/mol. The minimum Gasteiger partial charge on any atom is -0.481 e. The van der Waals surface area contributed by atoms with Crippen LogP contribution < -0.4 is 0 Å².